The van der Waals surface area contributed by atoms with Crippen molar-refractivity contribution in [2.24, 2.45) is 0 Å². The largest absolute Gasteiger partial charge is 0.480 e. The van der Waals surface area contributed by atoms with Gasteiger partial charge in [0, 0.05) is 6.54 Å². The fourth-order valence-electron chi connectivity index (χ4n) is 2.74. The summed E-state index contributed by atoms with van der Waals surface area (Å²) in [6.45, 7) is 5.58. The molecule has 0 aliphatic carbocycles. The zero-order valence-electron chi connectivity index (χ0n) is 14.7. The van der Waals surface area contributed by atoms with Gasteiger partial charge in [0.05, 0.1) is 12.2 Å². The number of aliphatic carboxylic acids is 1. The van der Waals surface area contributed by atoms with Crippen LogP contribution in [0.25, 0.3) is 0 Å². The molecule has 0 saturated carbocycles. The molecule has 2 rings (SSSR count). The first-order valence-corrected chi connectivity index (χ1v) is 8.42. The predicted octanol–water partition coefficient (Wildman–Crippen LogP) is 1.95. The zero-order valence-corrected chi connectivity index (χ0v) is 15.4. The number of rotatable bonds is 3. The lowest BCUT2D eigenvalue weighted by atomic mass is 9.96. The highest BCUT2D eigenvalue weighted by Crippen LogP contribution is 2.25. The van der Waals surface area contributed by atoms with Gasteiger partial charge in [-0.25, -0.2) is 19.6 Å². The summed E-state index contributed by atoms with van der Waals surface area (Å²) < 4.78 is 5.21. The topological polar surface area (TPSA) is 128 Å². The number of anilines is 1. The van der Waals surface area contributed by atoms with E-state index in [1.807, 2.05) is 0 Å². The van der Waals surface area contributed by atoms with Crippen LogP contribution in [0.1, 0.15) is 39.3 Å². The number of amides is 1. The first-order chi connectivity index (χ1) is 12.1. The lowest BCUT2D eigenvalue weighted by molar-refractivity contribution is -0.139. The fourth-order valence-corrected chi connectivity index (χ4v) is 2.92. The second-order valence-electron chi connectivity index (χ2n) is 6.85. The van der Waals surface area contributed by atoms with Gasteiger partial charge in [-0.05, 0) is 33.6 Å². The van der Waals surface area contributed by atoms with Crippen LogP contribution in [0, 0.1) is 11.3 Å². The lowest BCUT2D eigenvalue weighted by Crippen LogP contribution is -2.59. The van der Waals surface area contributed by atoms with Crippen molar-refractivity contribution < 1.29 is 19.4 Å². The molecule has 0 bridgehead atoms. The Kier molecular flexibility index (Phi) is 5.87. The highest BCUT2D eigenvalue weighted by Gasteiger charge is 2.39. The lowest BCUT2D eigenvalue weighted by Gasteiger charge is -2.39. The number of carboxylic acid groups (broad SMARTS) is 1. The van der Waals surface area contributed by atoms with Crippen molar-refractivity contribution in [2.45, 2.75) is 51.3 Å². The molecule has 2 heterocycles. The van der Waals surface area contributed by atoms with Gasteiger partial charge in [-0.1, -0.05) is 11.6 Å². The smallest absolute Gasteiger partial charge is 0.407 e. The summed E-state index contributed by atoms with van der Waals surface area (Å²) in [4.78, 5) is 33.4. The van der Waals surface area contributed by atoms with E-state index in [1.54, 1.807) is 26.8 Å². The Balaban J connectivity index is 2.25. The van der Waals surface area contributed by atoms with Gasteiger partial charge in [0.2, 0.25) is 0 Å². The number of nitriles is 1. The predicted molar refractivity (Wildman–Crippen MR) is 92.9 cm³/mol. The molecule has 1 aliphatic heterocycles. The summed E-state index contributed by atoms with van der Waals surface area (Å²) in [5, 5.41) is 21.1. The number of carbonyl (C=O) groups excluding carboxylic acids is 1. The van der Waals surface area contributed by atoms with Gasteiger partial charge in [0.1, 0.15) is 23.5 Å². The molecule has 1 aromatic rings. The first kappa shape index (κ1) is 19.7. The maximum atomic E-state index is 12.0. The molecule has 1 fully saturated rings. The van der Waals surface area contributed by atoms with Crippen molar-refractivity contribution in [1.82, 2.24) is 15.3 Å². The maximum Gasteiger partial charge on any atom is 0.407 e. The summed E-state index contributed by atoms with van der Waals surface area (Å²) in [6, 6.07) is 0.0676. The van der Waals surface area contributed by atoms with Crippen LogP contribution in [0.2, 0.25) is 5.15 Å². The van der Waals surface area contributed by atoms with Crippen molar-refractivity contribution in [3.05, 3.63) is 17.0 Å². The molecular weight excluding hydrogens is 362 g/mol. The Morgan fingerprint density at radius 2 is 2.19 bits per heavy atom. The Morgan fingerprint density at radius 3 is 2.73 bits per heavy atom. The number of halogens is 1. The van der Waals surface area contributed by atoms with Crippen LogP contribution < -0.4 is 10.2 Å². The van der Waals surface area contributed by atoms with Crippen LogP contribution in [0.4, 0.5) is 10.6 Å². The van der Waals surface area contributed by atoms with E-state index < -0.39 is 29.7 Å². The number of carbonyl (C=O) groups is 2. The Labute approximate surface area is 155 Å². The number of nitrogens with zero attached hydrogens (tertiary/aromatic N) is 4. The molecule has 2 unspecified atom stereocenters. The van der Waals surface area contributed by atoms with Gasteiger partial charge in [0.15, 0.2) is 10.8 Å². The SMILES string of the molecule is CC(C)(C)OC(=O)NC1CCCN(c2cnc(C#N)c(Cl)n2)C1C(=O)O. The Morgan fingerprint density at radius 1 is 1.50 bits per heavy atom. The van der Waals surface area contributed by atoms with E-state index in [1.165, 1.54) is 11.1 Å². The fraction of sp³-hybridized carbons (Fsp3) is 0.562. The molecule has 0 spiro atoms. The van der Waals surface area contributed by atoms with Gasteiger partial charge in [-0.15, -0.1) is 0 Å². The Hall–Kier alpha value is -2.60. The van der Waals surface area contributed by atoms with E-state index in [-0.39, 0.29) is 16.7 Å². The number of hydrogen-bond acceptors (Lipinski definition) is 7. The number of nitrogens with one attached hydrogen (secondary N) is 1. The summed E-state index contributed by atoms with van der Waals surface area (Å²) in [5.74, 6) is -0.884. The monoisotopic (exact) mass is 381 g/mol. The zero-order chi connectivity index (χ0) is 19.5. The minimum Gasteiger partial charge on any atom is -0.480 e. The van der Waals surface area contributed by atoms with Crippen molar-refractivity contribution in [3.8, 4) is 6.07 Å². The summed E-state index contributed by atoms with van der Waals surface area (Å²) in [6.07, 6.45) is 1.73. The third kappa shape index (κ3) is 4.73. The number of alkyl carbamates (subject to hydrolysis) is 1. The normalized spacial score (nSPS) is 20.2. The first-order valence-electron chi connectivity index (χ1n) is 8.04. The third-order valence-corrected chi connectivity index (χ3v) is 3.97. The molecule has 1 aliphatic rings. The van der Waals surface area contributed by atoms with E-state index in [4.69, 9.17) is 21.6 Å². The van der Waals surface area contributed by atoms with Crippen LogP contribution in [-0.2, 0) is 9.53 Å². The summed E-state index contributed by atoms with van der Waals surface area (Å²) in [5.41, 5.74) is -0.730. The van der Waals surface area contributed by atoms with Crippen LogP contribution in [-0.4, -0.2) is 51.4 Å². The average Bonchev–Trinajstić information content (AvgIpc) is 2.52. The molecule has 0 radical (unpaired) electrons. The second kappa shape index (κ2) is 7.74. The molecule has 0 aromatic carbocycles. The quantitative estimate of drug-likeness (QED) is 0.812. The molecule has 10 heteroatoms. The van der Waals surface area contributed by atoms with Crippen molar-refractivity contribution in [1.29, 1.82) is 5.26 Å². The number of aromatic nitrogens is 2. The van der Waals surface area contributed by atoms with Crippen LogP contribution in [0.3, 0.4) is 0 Å². The molecule has 9 nitrogen and oxygen atoms in total. The molecule has 2 N–H and O–H groups in total. The van der Waals surface area contributed by atoms with Crippen molar-refractivity contribution in [3.63, 3.8) is 0 Å². The minimum atomic E-state index is -1.12. The van der Waals surface area contributed by atoms with Gasteiger partial charge < -0.3 is 20.1 Å². The van der Waals surface area contributed by atoms with E-state index in [0.717, 1.165) is 0 Å². The maximum absolute atomic E-state index is 12.0. The Bertz CT molecular complexity index is 743. The molecule has 140 valence electrons. The number of piperidine rings is 1. The number of carboxylic acids is 1. The minimum absolute atomic E-state index is 0.0391. The highest BCUT2D eigenvalue weighted by atomic mass is 35.5. The second-order valence-corrected chi connectivity index (χ2v) is 7.21. The van der Waals surface area contributed by atoms with Gasteiger partial charge in [0.25, 0.3) is 0 Å². The third-order valence-electron chi connectivity index (χ3n) is 3.70. The summed E-state index contributed by atoms with van der Waals surface area (Å²) in [7, 11) is 0. The average molecular weight is 382 g/mol. The van der Waals surface area contributed by atoms with E-state index in [0.29, 0.717) is 19.4 Å². The van der Waals surface area contributed by atoms with E-state index >= 15 is 0 Å². The molecule has 1 saturated heterocycles. The standard InChI is InChI=1S/C16H20ClN5O4/c1-16(2,3)26-15(25)20-9-5-4-6-22(12(9)14(23)24)11-8-19-10(7-18)13(17)21-11/h8-9,12H,4-6H2,1-3H3,(H,20,25)(H,23,24). The molecule has 26 heavy (non-hydrogen) atoms. The van der Waals surface area contributed by atoms with Gasteiger partial charge in [-0.3, -0.25) is 0 Å². The van der Waals surface area contributed by atoms with Crippen molar-refractivity contribution in [2.75, 3.05) is 11.4 Å². The number of hydrogen-bond donors (Lipinski definition) is 2. The van der Waals surface area contributed by atoms with Gasteiger partial charge in [-0.2, -0.15) is 5.26 Å². The molecule has 1 aromatic heterocycles. The van der Waals surface area contributed by atoms with Crippen LogP contribution in [0.5, 0.6) is 0 Å². The highest BCUT2D eigenvalue weighted by molar-refractivity contribution is 6.30. The van der Waals surface area contributed by atoms with E-state index in [9.17, 15) is 14.7 Å². The molecule has 1 amide bonds. The van der Waals surface area contributed by atoms with Gasteiger partial charge >= 0.3 is 12.1 Å². The molecule has 2 atom stereocenters. The summed E-state index contributed by atoms with van der Waals surface area (Å²) >= 11 is 5.91. The number of ether oxygens (including phenoxy) is 1. The van der Waals surface area contributed by atoms with E-state index in [2.05, 4.69) is 15.3 Å². The van der Waals surface area contributed by atoms with Crippen LogP contribution in [0.15, 0.2) is 6.20 Å². The van der Waals surface area contributed by atoms with Crippen LogP contribution >= 0.6 is 11.6 Å². The van der Waals surface area contributed by atoms with Crippen molar-refractivity contribution >= 4 is 29.5 Å². The molecular formula is C16H20ClN5O4.